The molecule has 0 fully saturated rings. The zero-order valence-electron chi connectivity index (χ0n) is 14.2. The number of halogens is 1. The number of aromatic nitrogens is 1. The van der Waals surface area contributed by atoms with Crippen LogP contribution in [0, 0.1) is 5.82 Å². The van der Waals surface area contributed by atoms with Crippen LogP contribution in [0.3, 0.4) is 0 Å². The summed E-state index contributed by atoms with van der Waals surface area (Å²) in [6.45, 7) is 1.15. The van der Waals surface area contributed by atoms with Crippen molar-refractivity contribution >= 4 is 11.6 Å². The standard InChI is InChI=1S/C18H22FN3O2/c1-21(2)17-8-7-14(12-16(17)19)18(23)22(10-11-24-3)13-15-6-4-5-9-20-15/h4-9,12H,10-11,13H2,1-3H3. The summed E-state index contributed by atoms with van der Waals surface area (Å²) < 4.78 is 19.2. The number of methoxy groups -OCH3 is 1. The summed E-state index contributed by atoms with van der Waals surface area (Å²) in [5.41, 5.74) is 1.53. The number of hydrogen-bond donors (Lipinski definition) is 0. The normalized spacial score (nSPS) is 10.5. The molecule has 1 heterocycles. The molecule has 0 saturated carbocycles. The first-order valence-corrected chi connectivity index (χ1v) is 7.68. The second-order valence-electron chi connectivity index (χ2n) is 5.60. The smallest absolute Gasteiger partial charge is 0.254 e. The zero-order chi connectivity index (χ0) is 17.5. The van der Waals surface area contributed by atoms with E-state index < -0.39 is 5.82 Å². The van der Waals surface area contributed by atoms with Crippen molar-refractivity contribution in [2.24, 2.45) is 0 Å². The van der Waals surface area contributed by atoms with Gasteiger partial charge in [0, 0.05) is 39.5 Å². The number of carbonyl (C=O) groups is 1. The molecule has 6 heteroatoms. The molecule has 0 aliphatic carbocycles. The lowest BCUT2D eigenvalue weighted by molar-refractivity contribution is 0.0677. The SMILES string of the molecule is COCCN(Cc1ccccn1)C(=O)c1ccc(N(C)C)c(F)c1. The number of nitrogens with zero attached hydrogens (tertiary/aromatic N) is 3. The number of carbonyl (C=O) groups excluding carboxylic acids is 1. The van der Waals surface area contributed by atoms with Crippen LogP contribution in [0.4, 0.5) is 10.1 Å². The fourth-order valence-corrected chi connectivity index (χ4v) is 2.33. The number of anilines is 1. The van der Waals surface area contributed by atoms with E-state index in [2.05, 4.69) is 4.98 Å². The lowest BCUT2D eigenvalue weighted by atomic mass is 10.1. The Morgan fingerprint density at radius 2 is 2.04 bits per heavy atom. The number of hydrogen-bond acceptors (Lipinski definition) is 4. The number of amides is 1. The molecule has 0 aliphatic heterocycles. The van der Waals surface area contributed by atoms with Crippen molar-refractivity contribution in [1.82, 2.24) is 9.88 Å². The average Bonchev–Trinajstić information content (AvgIpc) is 2.58. The van der Waals surface area contributed by atoms with Crippen LogP contribution >= 0.6 is 0 Å². The Morgan fingerprint density at radius 1 is 1.25 bits per heavy atom. The van der Waals surface area contributed by atoms with Gasteiger partial charge >= 0.3 is 0 Å². The van der Waals surface area contributed by atoms with Crippen molar-refractivity contribution in [2.75, 3.05) is 39.3 Å². The van der Waals surface area contributed by atoms with Crippen molar-refractivity contribution in [2.45, 2.75) is 6.54 Å². The summed E-state index contributed by atoms with van der Waals surface area (Å²) in [7, 11) is 5.09. The van der Waals surface area contributed by atoms with Gasteiger partial charge in [0.05, 0.1) is 24.5 Å². The summed E-state index contributed by atoms with van der Waals surface area (Å²) in [5.74, 6) is -0.669. The maximum Gasteiger partial charge on any atom is 0.254 e. The van der Waals surface area contributed by atoms with Crippen molar-refractivity contribution < 1.29 is 13.9 Å². The molecule has 0 atom stereocenters. The van der Waals surface area contributed by atoms with E-state index in [1.807, 2.05) is 18.2 Å². The summed E-state index contributed by atoms with van der Waals surface area (Å²) in [6, 6.07) is 10.1. The molecular weight excluding hydrogens is 309 g/mol. The van der Waals surface area contributed by atoms with Crippen LogP contribution in [-0.2, 0) is 11.3 Å². The van der Waals surface area contributed by atoms with Gasteiger partial charge in [-0.2, -0.15) is 0 Å². The number of rotatable bonds is 7. The molecule has 1 aromatic heterocycles. The Kier molecular flexibility index (Phi) is 6.26. The minimum Gasteiger partial charge on any atom is -0.383 e. The van der Waals surface area contributed by atoms with Gasteiger partial charge in [-0.3, -0.25) is 9.78 Å². The van der Waals surface area contributed by atoms with E-state index >= 15 is 0 Å². The van der Waals surface area contributed by atoms with E-state index in [0.29, 0.717) is 30.9 Å². The summed E-state index contributed by atoms with van der Waals surface area (Å²) in [6.07, 6.45) is 1.68. The Morgan fingerprint density at radius 3 is 2.62 bits per heavy atom. The van der Waals surface area contributed by atoms with Gasteiger partial charge < -0.3 is 14.5 Å². The van der Waals surface area contributed by atoms with Crippen LogP contribution in [0.25, 0.3) is 0 Å². The fourth-order valence-electron chi connectivity index (χ4n) is 2.33. The van der Waals surface area contributed by atoms with Gasteiger partial charge in [-0.15, -0.1) is 0 Å². The Balaban J connectivity index is 2.22. The molecule has 0 N–H and O–H groups in total. The van der Waals surface area contributed by atoms with Crippen LogP contribution in [0.15, 0.2) is 42.6 Å². The molecule has 0 bridgehead atoms. The lowest BCUT2D eigenvalue weighted by Gasteiger charge is -2.23. The van der Waals surface area contributed by atoms with Crippen LogP contribution in [0.5, 0.6) is 0 Å². The van der Waals surface area contributed by atoms with Crippen molar-refractivity contribution in [3.63, 3.8) is 0 Å². The maximum atomic E-state index is 14.2. The Bertz CT molecular complexity index is 677. The second-order valence-corrected chi connectivity index (χ2v) is 5.60. The molecule has 1 amide bonds. The van der Waals surface area contributed by atoms with E-state index in [0.717, 1.165) is 5.69 Å². The third kappa shape index (κ3) is 4.52. The van der Waals surface area contributed by atoms with E-state index in [-0.39, 0.29) is 5.91 Å². The first-order valence-electron chi connectivity index (χ1n) is 7.68. The minimum absolute atomic E-state index is 0.248. The molecule has 5 nitrogen and oxygen atoms in total. The predicted octanol–water partition coefficient (Wildman–Crippen LogP) is 2.58. The molecule has 24 heavy (non-hydrogen) atoms. The third-order valence-electron chi connectivity index (χ3n) is 3.61. The highest BCUT2D eigenvalue weighted by Crippen LogP contribution is 2.19. The monoisotopic (exact) mass is 331 g/mol. The van der Waals surface area contributed by atoms with Gasteiger partial charge in [0.2, 0.25) is 0 Å². The van der Waals surface area contributed by atoms with Crippen molar-refractivity contribution in [3.05, 3.63) is 59.7 Å². The first kappa shape index (κ1) is 17.9. The number of benzene rings is 1. The highest BCUT2D eigenvalue weighted by molar-refractivity contribution is 5.94. The van der Waals surface area contributed by atoms with Crippen LogP contribution in [0.2, 0.25) is 0 Å². The Labute approximate surface area is 141 Å². The van der Waals surface area contributed by atoms with Crippen molar-refractivity contribution in [1.29, 1.82) is 0 Å². The van der Waals surface area contributed by atoms with E-state index in [1.165, 1.54) is 6.07 Å². The van der Waals surface area contributed by atoms with Gasteiger partial charge in [0.25, 0.3) is 5.91 Å². The Hall–Kier alpha value is -2.47. The minimum atomic E-state index is -0.421. The molecule has 1 aromatic carbocycles. The van der Waals surface area contributed by atoms with Crippen LogP contribution in [0.1, 0.15) is 16.1 Å². The molecule has 2 rings (SSSR count). The second kappa shape index (κ2) is 8.40. The average molecular weight is 331 g/mol. The lowest BCUT2D eigenvalue weighted by Crippen LogP contribution is -2.33. The maximum absolute atomic E-state index is 14.2. The summed E-state index contributed by atoms with van der Waals surface area (Å²) in [5, 5.41) is 0. The fraction of sp³-hybridized carbons (Fsp3) is 0.333. The van der Waals surface area contributed by atoms with Crippen molar-refractivity contribution in [3.8, 4) is 0 Å². The van der Waals surface area contributed by atoms with E-state index in [9.17, 15) is 9.18 Å². The molecule has 0 aliphatic rings. The highest BCUT2D eigenvalue weighted by atomic mass is 19.1. The number of ether oxygens (including phenoxy) is 1. The third-order valence-corrected chi connectivity index (χ3v) is 3.61. The molecule has 2 aromatic rings. The van der Waals surface area contributed by atoms with Gasteiger partial charge in [0.15, 0.2) is 0 Å². The molecule has 128 valence electrons. The summed E-state index contributed by atoms with van der Waals surface area (Å²) >= 11 is 0. The topological polar surface area (TPSA) is 45.7 Å². The quantitative estimate of drug-likeness (QED) is 0.782. The predicted molar refractivity (Wildman–Crippen MR) is 91.6 cm³/mol. The molecule has 0 saturated heterocycles. The highest BCUT2D eigenvalue weighted by Gasteiger charge is 2.18. The van der Waals surface area contributed by atoms with Crippen LogP contribution in [-0.4, -0.2) is 50.1 Å². The molecule has 0 radical (unpaired) electrons. The van der Waals surface area contributed by atoms with E-state index in [1.54, 1.807) is 49.3 Å². The molecule has 0 spiro atoms. The van der Waals surface area contributed by atoms with E-state index in [4.69, 9.17) is 4.74 Å². The van der Waals surface area contributed by atoms with Gasteiger partial charge in [-0.1, -0.05) is 6.07 Å². The first-order chi connectivity index (χ1) is 11.5. The molecule has 0 unspecified atom stereocenters. The molecular formula is C18H22FN3O2. The van der Waals surface area contributed by atoms with Crippen LogP contribution < -0.4 is 4.90 Å². The number of pyridine rings is 1. The zero-order valence-corrected chi connectivity index (χ0v) is 14.2. The largest absolute Gasteiger partial charge is 0.383 e. The van der Waals surface area contributed by atoms with Gasteiger partial charge in [0.1, 0.15) is 5.82 Å². The van der Waals surface area contributed by atoms with Gasteiger partial charge in [-0.05, 0) is 30.3 Å². The van der Waals surface area contributed by atoms with Gasteiger partial charge in [-0.25, -0.2) is 4.39 Å². The summed E-state index contributed by atoms with van der Waals surface area (Å²) in [4.78, 5) is 20.3.